The van der Waals surface area contributed by atoms with Crippen LogP contribution >= 0.6 is 0 Å². The number of ether oxygens (including phenoxy) is 2. The molecule has 2 aromatic rings. The molecule has 0 unspecified atom stereocenters. The van der Waals surface area contributed by atoms with Crippen LogP contribution in [0.4, 0.5) is 0 Å². The average Bonchev–Trinajstić information content (AvgIpc) is 2.92. The van der Waals surface area contributed by atoms with Crippen LogP contribution in [0.5, 0.6) is 11.5 Å². The molecule has 3 rings (SSSR count). The number of ketones is 1. The predicted molar refractivity (Wildman–Crippen MR) is 86.6 cm³/mol. The van der Waals surface area contributed by atoms with E-state index < -0.39 is 0 Å². The van der Waals surface area contributed by atoms with Crippen LogP contribution in [0.2, 0.25) is 0 Å². The number of carbonyl (C=O) groups excluding carboxylic acids is 1. The minimum atomic E-state index is -0.00169. The van der Waals surface area contributed by atoms with E-state index in [0.29, 0.717) is 5.56 Å². The van der Waals surface area contributed by atoms with Gasteiger partial charge in [0.15, 0.2) is 5.78 Å². The van der Waals surface area contributed by atoms with Crippen LogP contribution in [0.3, 0.4) is 0 Å². The second kappa shape index (κ2) is 6.06. The molecule has 0 amide bonds. The van der Waals surface area contributed by atoms with Crippen molar-refractivity contribution in [3.05, 3.63) is 65.2 Å². The van der Waals surface area contributed by atoms with E-state index in [9.17, 15) is 4.79 Å². The molecule has 0 aliphatic carbocycles. The summed E-state index contributed by atoms with van der Waals surface area (Å²) in [5.41, 5.74) is 2.77. The Balaban J connectivity index is 1.74. The molecule has 0 saturated carbocycles. The maximum atomic E-state index is 12.3. The van der Waals surface area contributed by atoms with E-state index in [1.165, 1.54) is 0 Å². The lowest BCUT2D eigenvalue weighted by Gasteiger charge is -2.02. The third-order valence-corrected chi connectivity index (χ3v) is 3.72. The molecular weight excluding hydrogens is 276 g/mol. The molecule has 3 heteroatoms. The fraction of sp³-hybridized carbons (Fsp3) is 0.211. The number of fused-ring (bicyclic) bond motifs is 1. The standard InChI is InChI=1S/C19H18O3/c1-13-11-16-12-15(6-10-19(16)22-13)18(20)9-5-14-3-7-17(21-2)8-4-14/h3-10,12-13H,11H2,1-2H3/b9-5+/t13-/m1/s1. The summed E-state index contributed by atoms with van der Waals surface area (Å²) in [4.78, 5) is 12.3. The summed E-state index contributed by atoms with van der Waals surface area (Å²) in [5, 5.41) is 0. The maximum Gasteiger partial charge on any atom is 0.185 e. The molecule has 0 N–H and O–H groups in total. The zero-order valence-corrected chi connectivity index (χ0v) is 12.7. The highest BCUT2D eigenvalue weighted by Gasteiger charge is 2.19. The molecule has 0 radical (unpaired) electrons. The molecule has 3 nitrogen and oxygen atoms in total. The summed E-state index contributed by atoms with van der Waals surface area (Å²) in [7, 11) is 1.63. The first kappa shape index (κ1) is 14.4. The molecule has 1 aliphatic heterocycles. The van der Waals surface area contributed by atoms with Gasteiger partial charge in [0, 0.05) is 12.0 Å². The third kappa shape index (κ3) is 3.03. The molecule has 0 fully saturated rings. The topological polar surface area (TPSA) is 35.5 Å². The van der Waals surface area contributed by atoms with E-state index >= 15 is 0 Å². The van der Waals surface area contributed by atoms with Gasteiger partial charge in [0.05, 0.1) is 7.11 Å². The summed E-state index contributed by atoms with van der Waals surface area (Å²) in [6.07, 6.45) is 4.46. The number of allylic oxidation sites excluding steroid dienone is 1. The highest BCUT2D eigenvalue weighted by molar-refractivity contribution is 6.07. The first-order chi connectivity index (χ1) is 10.7. The molecule has 0 aromatic heterocycles. The Labute approximate surface area is 130 Å². The van der Waals surface area contributed by atoms with E-state index in [-0.39, 0.29) is 11.9 Å². The Morgan fingerprint density at radius 3 is 2.73 bits per heavy atom. The van der Waals surface area contributed by atoms with Crippen LogP contribution in [-0.2, 0) is 6.42 Å². The fourth-order valence-electron chi connectivity index (χ4n) is 2.56. The molecule has 1 atom stereocenters. The van der Waals surface area contributed by atoms with Gasteiger partial charge < -0.3 is 9.47 Å². The van der Waals surface area contributed by atoms with Crippen molar-refractivity contribution in [2.75, 3.05) is 7.11 Å². The summed E-state index contributed by atoms with van der Waals surface area (Å²) in [5.74, 6) is 1.69. The van der Waals surface area contributed by atoms with Crippen molar-refractivity contribution in [1.29, 1.82) is 0 Å². The molecule has 1 heterocycles. The normalized spacial score (nSPS) is 16.4. The minimum Gasteiger partial charge on any atom is -0.497 e. The van der Waals surface area contributed by atoms with Gasteiger partial charge in [-0.25, -0.2) is 0 Å². The van der Waals surface area contributed by atoms with Crippen molar-refractivity contribution < 1.29 is 14.3 Å². The van der Waals surface area contributed by atoms with E-state index in [1.54, 1.807) is 13.2 Å². The van der Waals surface area contributed by atoms with Crippen molar-refractivity contribution in [1.82, 2.24) is 0 Å². The Bertz CT molecular complexity index is 714. The Kier molecular flexibility index (Phi) is 3.96. The van der Waals surface area contributed by atoms with Gasteiger partial charge in [0.1, 0.15) is 17.6 Å². The fourth-order valence-corrected chi connectivity index (χ4v) is 2.56. The van der Waals surface area contributed by atoms with Crippen LogP contribution < -0.4 is 9.47 Å². The molecule has 0 bridgehead atoms. The van der Waals surface area contributed by atoms with E-state index in [1.807, 2.05) is 55.5 Å². The van der Waals surface area contributed by atoms with Crippen molar-refractivity contribution in [2.24, 2.45) is 0 Å². The van der Waals surface area contributed by atoms with Gasteiger partial charge in [0.2, 0.25) is 0 Å². The van der Waals surface area contributed by atoms with Gasteiger partial charge in [-0.05, 0) is 54.5 Å². The van der Waals surface area contributed by atoms with Crippen molar-refractivity contribution in [3.63, 3.8) is 0 Å². The Morgan fingerprint density at radius 2 is 2.00 bits per heavy atom. The smallest absolute Gasteiger partial charge is 0.185 e. The summed E-state index contributed by atoms with van der Waals surface area (Å²) >= 11 is 0. The lowest BCUT2D eigenvalue weighted by Crippen LogP contribution is -2.05. The highest BCUT2D eigenvalue weighted by Crippen LogP contribution is 2.29. The van der Waals surface area contributed by atoms with Crippen LogP contribution in [0.1, 0.15) is 28.4 Å². The number of benzene rings is 2. The lowest BCUT2D eigenvalue weighted by atomic mass is 10.0. The molecule has 22 heavy (non-hydrogen) atoms. The quantitative estimate of drug-likeness (QED) is 0.633. The summed E-state index contributed by atoms with van der Waals surface area (Å²) < 4.78 is 10.8. The monoisotopic (exact) mass is 294 g/mol. The first-order valence-corrected chi connectivity index (χ1v) is 7.32. The number of carbonyl (C=O) groups is 1. The van der Waals surface area contributed by atoms with E-state index in [4.69, 9.17) is 9.47 Å². The van der Waals surface area contributed by atoms with Crippen LogP contribution in [0.15, 0.2) is 48.5 Å². The SMILES string of the molecule is COc1ccc(/C=C/C(=O)c2ccc3c(c2)C[C@@H](C)O3)cc1. The van der Waals surface area contributed by atoms with Gasteiger partial charge in [0.25, 0.3) is 0 Å². The van der Waals surface area contributed by atoms with Crippen LogP contribution in [0.25, 0.3) is 6.08 Å². The summed E-state index contributed by atoms with van der Waals surface area (Å²) in [6, 6.07) is 13.2. The minimum absolute atomic E-state index is 0.00169. The van der Waals surface area contributed by atoms with Crippen LogP contribution in [0, 0.1) is 0 Å². The molecular formula is C19H18O3. The number of methoxy groups -OCH3 is 1. The second-order valence-corrected chi connectivity index (χ2v) is 5.43. The van der Waals surface area contributed by atoms with Gasteiger partial charge in [-0.2, -0.15) is 0 Å². The third-order valence-electron chi connectivity index (χ3n) is 3.72. The van der Waals surface area contributed by atoms with Gasteiger partial charge in [-0.1, -0.05) is 18.2 Å². The lowest BCUT2D eigenvalue weighted by molar-refractivity contribution is 0.104. The zero-order valence-electron chi connectivity index (χ0n) is 12.7. The van der Waals surface area contributed by atoms with Crippen molar-refractivity contribution in [2.45, 2.75) is 19.4 Å². The van der Waals surface area contributed by atoms with Gasteiger partial charge >= 0.3 is 0 Å². The molecule has 0 spiro atoms. The Hall–Kier alpha value is -2.55. The highest BCUT2D eigenvalue weighted by atomic mass is 16.5. The van der Waals surface area contributed by atoms with E-state index in [2.05, 4.69) is 0 Å². The number of hydrogen-bond donors (Lipinski definition) is 0. The van der Waals surface area contributed by atoms with Crippen molar-refractivity contribution >= 4 is 11.9 Å². The number of hydrogen-bond acceptors (Lipinski definition) is 3. The van der Waals surface area contributed by atoms with Gasteiger partial charge in [-0.3, -0.25) is 4.79 Å². The van der Waals surface area contributed by atoms with Gasteiger partial charge in [-0.15, -0.1) is 0 Å². The first-order valence-electron chi connectivity index (χ1n) is 7.32. The van der Waals surface area contributed by atoms with E-state index in [0.717, 1.165) is 29.0 Å². The molecule has 0 saturated heterocycles. The molecule has 2 aromatic carbocycles. The van der Waals surface area contributed by atoms with Crippen molar-refractivity contribution in [3.8, 4) is 11.5 Å². The zero-order chi connectivity index (χ0) is 15.5. The molecule has 112 valence electrons. The number of rotatable bonds is 4. The maximum absolute atomic E-state index is 12.3. The Morgan fingerprint density at radius 1 is 1.23 bits per heavy atom. The van der Waals surface area contributed by atoms with Crippen LogP contribution in [-0.4, -0.2) is 19.0 Å². The average molecular weight is 294 g/mol. The predicted octanol–water partition coefficient (Wildman–Crippen LogP) is 3.91. The largest absolute Gasteiger partial charge is 0.497 e. The molecule has 1 aliphatic rings. The summed E-state index contributed by atoms with van der Waals surface area (Å²) in [6.45, 7) is 2.03. The second-order valence-electron chi connectivity index (χ2n) is 5.43.